The summed E-state index contributed by atoms with van der Waals surface area (Å²) in [6.07, 6.45) is 2.36. The van der Waals surface area contributed by atoms with E-state index in [1.165, 1.54) is 12.5 Å². The van der Waals surface area contributed by atoms with Crippen LogP contribution in [0.25, 0.3) is 0 Å². The third kappa shape index (κ3) is 6.45. The minimum absolute atomic E-state index is 0.210. The second-order valence-corrected chi connectivity index (χ2v) is 6.49. The summed E-state index contributed by atoms with van der Waals surface area (Å²) in [5, 5.41) is 3.59. The topological polar surface area (TPSA) is 15.3 Å². The highest BCUT2D eigenvalue weighted by atomic mass is 79.9. The van der Waals surface area contributed by atoms with Crippen molar-refractivity contribution in [2.24, 2.45) is 0 Å². The Morgan fingerprint density at radius 3 is 2.48 bits per heavy atom. The van der Waals surface area contributed by atoms with Crippen LogP contribution >= 0.6 is 15.9 Å². The highest BCUT2D eigenvalue weighted by Crippen LogP contribution is 2.21. The van der Waals surface area contributed by atoms with Crippen LogP contribution in [0.5, 0.6) is 0 Å². The smallest absolute Gasteiger partial charge is 0.137 e. The molecule has 1 aromatic carbocycles. The fourth-order valence-corrected chi connectivity index (χ4v) is 2.95. The first kappa shape index (κ1) is 18.6. The van der Waals surface area contributed by atoms with Gasteiger partial charge in [-0.15, -0.1) is 0 Å². The molecule has 0 aliphatic rings. The van der Waals surface area contributed by atoms with Crippen LogP contribution in [0.15, 0.2) is 22.7 Å². The molecule has 0 aliphatic heterocycles. The molecule has 1 aromatic rings. The Bertz CT molecular complexity index is 421. The number of halogens is 2. The maximum Gasteiger partial charge on any atom is 0.137 e. The zero-order valence-electron chi connectivity index (χ0n) is 13.6. The first-order valence-electron chi connectivity index (χ1n) is 7.91. The molecular weight excluding hydrogens is 331 g/mol. The molecule has 0 saturated heterocycles. The van der Waals surface area contributed by atoms with E-state index in [4.69, 9.17) is 0 Å². The van der Waals surface area contributed by atoms with E-state index < -0.39 is 0 Å². The molecular formula is C17H28BrFN2. The third-order valence-electron chi connectivity index (χ3n) is 3.98. The highest BCUT2D eigenvalue weighted by Gasteiger charge is 2.11. The Morgan fingerprint density at radius 1 is 1.24 bits per heavy atom. The summed E-state index contributed by atoms with van der Waals surface area (Å²) in [7, 11) is 0. The number of hydrogen-bond donors (Lipinski definition) is 1. The van der Waals surface area contributed by atoms with Crippen LogP contribution in [0, 0.1) is 5.82 Å². The van der Waals surface area contributed by atoms with Gasteiger partial charge in [0.1, 0.15) is 5.82 Å². The molecule has 0 heterocycles. The second kappa shape index (κ2) is 9.54. The van der Waals surface area contributed by atoms with Gasteiger partial charge in [0.25, 0.3) is 0 Å². The molecule has 120 valence electrons. The molecule has 2 unspecified atom stereocenters. The molecule has 2 atom stereocenters. The zero-order valence-corrected chi connectivity index (χ0v) is 15.2. The number of nitrogens with zero attached hydrogens (tertiary/aromatic N) is 1. The maximum absolute atomic E-state index is 13.3. The number of rotatable bonds is 9. The lowest BCUT2D eigenvalue weighted by Crippen LogP contribution is -2.31. The molecule has 21 heavy (non-hydrogen) atoms. The molecule has 0 saturated carbocycles. The lowest BCUT2D eigenvalue weighted by Gasteiger charge is -2.23. The van der Waals surface area contributed by atoms with Crippen molar-refractivity contribution in [3.05, 3.63) is 34.1 Å². The number of hydrogen-bond acceptors (Lipinski definition) is 2. The van der Waals surface area contributed by atoms with Crippen molar-refractivity contribution < 1.29 is 4.39 Å². The van der Waals surface area contributed by atoms with Gasteiger partial charge in [0.2, 0.25) is 0 Å². The minimum Gasteiger partial charge on any atom is -0.308 e. The first-order valence-corrected chi connectivity index (χ1v) is 8.70. The highest BCUT2D eigenvalue weighted by molar-refractivity contribution is 9.10. The van der Waals surface area contributed by atoms with E-state index in [0.717, 1.165) is 31.6 Å². The fraction of sp³-hybridized carbons (Fsp3) is 0.647. The van der Waals surface area contributed by atoms with E-state index in [2.05, 4.69) is 53.8 Å². The Morgan fingerprint density at radius 2 is 1.90 bits per heavy atom. The van der Waals surface area contributed by atoms with Crippen LogP contribution in [0.2, 0.25) is 0 Å². The van der Waals surface area contributed by atoms with E-state index in [9.17, 15) is 4.39 Å². The average Bonchev–Trinajstić information content (AvgIpc) is 2.46. The molecule has 0 aromatic heterocycles. The third-order valence-corrected chi connectivity index (χ3v) is 4.59. The summed E-state index contributed by atoms with van der Waals surface area (Å²) >= 11 is 3.25. The summed E-state index contributed by atoms with van der Waals surface area (Å²) in [5.41, 5.74) is 1.11. The summed E-state index contributed by atoms with van der Waals surface area (Å²) < 4.78 is 13.8. The van der Waals surface area contributed by atoms with Gasteiger partial charge in [-0.1, -0.05) is 19.9 Å². The van der Waals surface area contributed by atoms with E-state index >= 15 is 0 Å². The predicted molar refractivity (Wildman–Crippen MR) is 92.1 cm³/mol. The Balaban J connectivity index is 2.39. The Kier molecular flexibility index (Phi) is 8.45. The lowest BCUT2D eigenvalue weighted by molar-refractivity contribution is 0.288. The minimum atomic E-state index is -0.210. The second-order valence-electron chi connectivity index (χ2n) is 5.63. The van der Waals surface area contributed by atoms with Gasteiger partial charge in [-0.3, -0.25) is 0 Å². The van der Waals surface area contributed by atoms with Gasteiger partial charge >= 0.3 is 0 Å². The van der Waals surface area contributed by atoms with Crippen LogP contribution in [0.4, 0.5) is 4.39 Å². The van der Waals surface area contributed by atoms with Gasteiger partial charge in [-0.25, -0.2) is 4.39 Å². The number of nitrogens with one attached hydrogen (secondary N) is 1. The maximum atomic E-state index is 13.3. The molecule has 0 fully saturated rings. The van der Waals surface area contributed by atoms with Crippen molar-refractivity contribution in [3.63, 3.8) is 0 Å². The van der Waals surface area contributed by atoms with E-state index in [-0.39, 0.29) is 11.9 Å². The fourth-order valence-electron chi connectivity index (χ4n) is 2.55. The summed E-state index contributed by atoms with van der Waals surface area (Å²) in [6.45, 7) is 12.2. The van der Waals surface area contributed by atoms with Gasteiger partial charge in [0, 0.05) is 12.1 Å². The normalized spacial score (nSPS) is 14.4. The molecule has 0 spiro atoms. The molecule has 0 bridgehead atoms. The monoisotopic (exact) mass is 358 g/mol. The summed E-state index contributed by atoms with van der Waals surface area (Å²) in [6, 6.07) is 5.91. The summed E-state index contributed by atoms with van der Waals surface area (Å²) in [4.78, 5) is 2.45. The summed E-state index contributed by atoms with van der Waals surface area (Å²) in [5.74, 6) is -0.210. The standard InChI is InChI=1S/C17H28BrFN2/c1-5-21(6-2)11-7-8-13(3)20-14(4)15-9-10-17(19)16(18)12-15/h9-10,12-14,20H,5-8,11H2,1-4H3. The van der Waals surface area contributed by atoms with E-state index in [1.54, 1.807) is 0 Å². The van der Waals surface area contributed by atoms with Gasteiger partial charge < -0.3 is 10.2 Å². The average molecular weight is 359 g/mol. The Labute approximate surface area is 137 Å². The molecule has 0 aliphatic carbocycles. The molecule has 2 nitrogen and oxygen atoms in total. The van der Waals surface area contributed by atoms with Crippen LogP contribution in [-0.4, -0.2) is 30.6 Å². The molecule has 1 rings (SSSR count). The van der Waals surface area contributed by atoms with Gasteiger partial charge in [0.05, 0.1) is 4.47 Å². The van der Waals surface area contributed by atoms with Crippen molar-refractivity contribution in [2.75, 3.05) is 19.6 Å². The largest absolute Gasteiger partial charge is 0.308 e. The zero-order chi connectivity index (χ0) is 15.8. The molecule has 0 radical (unpaired) electrons. The Hall–Kier alpha value is -0.450. The SMILES string of the molecule is CCN(CC)CCCC(C)NC(C)c1ccc(F)c(Br)c1. The van der Waals surface area contributed by atoms with Crippen molar-refractivity contribution in [2.45, 2.75) is 52.6 Å². The van der Waals surface area contributed by atoms with Gasteiger partial charge in [0.15, 0.2) is 0 Å². The lowest BCUT2D eigenvalue weighted by atomic mass is 10.1. The van der Waals surface area contributed by atoms with Crippen molar-refractivity contribution in [3.8, 4) is 0 Å². The van der Waals surface area contributed by atoms with Crippen LogP contribution < -0.4 is 5.32 Å². The van der Waals surface area contributed by atoms with Gasteiger partial charge in [-0.2, -0.15) is 0 Å². The van der Waals surface area contributed by atoms with Crippen molar-refractivity contribution >= 4 is 15.9 Å². The van der Waals surface area contributed by atoms with Crippen LogP contribution in [0.1, 0.15) is 52.1 Å². The van der Waals surface area contributed by atoms with Crippen LogP contribution in [-0.2, 0) is 0 Å². The van der Waals surface area contributed by atoms with Gasteiger partial charge in [-0.05, 0) is 79.9 Å². The van der Waals surface area contributed by atoms with E-state index in [1.807, 2.05) is 12.1 Å². The van der Waals surface area contributed by atoms with Crippen molar-refractivity contribution in [1.82, 2.24) is 10.2 Å². The number of benzene rings is 1. The van der Waals surface area contributed by atoms with Crippen LogP contribution in [0.3, 0.4) is 0 Å². The molecule has 4 heteroatoms. The molecule has 0 amide bonds. The quantitative estimate of drug-likeness (QED) is 0.685. The molecule has 1 N–H and O–H groups in total. The first-order chi connectivity index (χ1) is 9.97. The van der Waals surface area contributed by atoms with Crippen molar-refractivity contribution in [1.29, 1.82) is 0 Å². The predicted octanol–water partition coefficient (Wildman–Crippen LogP) is 4.75. The van der Waals surface area contributed by atoms with E-state index in [0.29, 0.717) is 10.5 Å².